The van der Waals surface area contributed by atoms with Crippen LogP contribution in [0.4, 0.5) is 0 Å². The number of hydrogen-bond acceptors (Lipinski definition) is 4. The Bertz CT molecular complexity index is 761. The third kappa shape index (κ3) is 4.65. The molecular weight excluding hydrogens is 390 g/mol. The Labute approximate surface area is 185 Å². The molecule has 0 radical (unpaired) electrons. The summed E-state index contributed by atoms with van der Waals surface area (Å²) in [5, 5.41) is 3.30. The number of likely N-dealkylation sites (tertiary alicyclic amines) is 2. The molecule has 0 spiro atoms. The standard InChI is InChI=1S/C25H35N3O3/c29-24(20-10-12-31-17-20)26-23(18-5-2-1-3-6-18)9-11-27-13-21-15-28(16-22(21)14-27)25(30)19-7-4-8-19/h1-3,5-6,19-23H,4,7-17H2,(H,26,29)/t20?,21?,22?,23-/m0/s1. The number of benzene rings is 1. The molecule has 3 saturated heterocycles. The highest BCUT2D eigenvalue weighted by atomic mass is 16.5. The van der Waals surface area contributed by atoms with Crippen LogP contribution in [-0.2, 0) is 14.3 Å². The van der Waals surface area contributed by atoms with Gasteiger partial charge in [0.05, 0.1) is 18.6 Å². The number of amides is 2. The van der Waals surface area contributed by atoms with Crippen molar-refractivity contribution in [3.05, 3.63) is 35.9 Å². The smallest absolute Gasteiger partial charge is 0.226 e. The molecule has 6 heteroatoms. The molecule has 1 aromatic rings. The molecule has 1 saturated carbocycles. The van der Waals surface area contributed by atoms with E-state index in [9.17, 15) is 9.59 Å². The Morgan fingerprint density at radius 1 is 1.00 bits per heavy atom. The molecule has 3 aliphatic heterocycles. The Kier molecular flexibility index (Phi) is 6.28. The molecule has 0 aromatic heterocycles. The monoisotopic (exact) mass is 425 g/mol. The Morgan fingerprint density at radius 3 is 2.35 bits per heavy atom. The molecule has 6 nitrogen and oxygen atoms in total. The predicted octanol–water partition coefficient (Wildman–Crippen LogP) is 2.46. The molecule has 5 rings (SSSR count). The summed E-state index contributed by atoms with van der Waals surface area (Å²) < 4.78 is 5.40. The van der Waals surface area contributed by atoms with Gasteiger partial charge in [-0.15, -0.1) is 0 Å². The normalized spacial score (nSPS) is 29.5. The lowest BCUT2D eigenvalue weighted by atomic mass is 9.84. The third-order valence-corrected chi connectivity index (χ3v) is 7.88. The summed E-state index contributed by atoms with van der Waals surface area (Å²) >= 11 is 0. The van der Waals surface area contributed by atoms with Crippen LogP contribution in [0.3, 0.4) is 0 Å². The average Bonchev–Trinajstić information content (AvgIpc) is 3.46. The van der Waals surface area contributed by atoms with Gasteiger partial charge in [0.1, 0.15) is 0 Å². The zero-order valence-corrected chi connectivity index (χ0v) is 18.4. The lowest BCUT2D eigenvalue weighted by Gasteiger charge is -2.30. The van der Waals surface area contributed by atoms with Gasteiger partial charge >= 0.3 is 0 Å². The number of ether oxygens (including phenoxy) is 1. The van der Waals surface area contributed by atoms with Gasteiger partial charge in [0.15, 0.2) is 0 Å². The third-order valence-electron chi connectivity index (χ3n) is 7.88. The van der Waals surface area contributed by atoms with E-state index in [2.05, 4.69) is 27.2 Å². The van der Waals surface area contributed by atoms with Gasteiger partial charge in [-0.3, -0.25) is 9.59 Å². The number of nitrogens with zero attached hydrogens (tertiary/aromatic N) is 2. The van der Waals surface area contributed by atoms with Gasteiger partial charge < -0.3 is 19.9 Å². The van der Waals surface area contributed by atoms with Gasteiger partial charge in [0.25, 0.3) is 0 Å². The van der Waals surface area contributed by atoms with Crippen molar-refractivity contribution in [2.45, 2.75) is 38.1 Å². The highest BCUT2D eigenvalue weighted by Gasteiger charge is 2.43. The summed E-state index contributed by atoms with van der Waals surface area (Å²) in [6.45, 7) is 6.23. The predicted molar refractivity (Wildman–Crippen MR) is 118 cm³/mol. The van der Waals surface area contributed by atoms with Crippen molar-refractivity contribution in [2.24, 2.45) is 23.7 Å². The lowest BCUT2D eigenvalue weighted by Crippen LogP contribution is -2.40. The summed E-state index contributed by atoms with van der Waals surface area (Å²) in [6.07, 6.45) is 5.14. The van der Waals surface area contributed by atoms with Gasteiger partial charge in [-0.05, 0) is 43.1 Å². The molecule has 1 aromatic carbocycles. The van der Waals surface area contributed by atoms with Gasteiger partial charge in [-0.25, -0.2) is 0 Å². The number of rotatable bonds is 7. The summed E-state index contributed by atoms with van der Waals surface area (Å²) in [5.41, 5.74) is 1.17. The maximum absolute atomic E-state index is 12.7. The van der Waals surface area contributed by atoms with Crippen LogP contribution in [0.5, 0.6) is 0 Å². The largest absolute Gasteiger partial charge is 0.381 e. The van der Waals surface area contributed by atoms with E-state index in [0.717, 1.165) is 58.4 Å². The first-order valence-corrected chi connectivity index (χ1v) is 12.1. The van der Waals surface area contributed by atoms with E-state index in [4.69, 9.17) is 4.74 Å². The van der Waals surface area contributed by atoms with E-state index in [0.29, 0.717) is 36.9 Å². The molecule has 2 amide bonds. The molecule has 4 aliphatic rings. The molecule has 0 bridgehead atoms. The van der Waals surface area contributed by atoms with Crippen LogP contribution < -0.4 is 5.32 Å². The van der Waals surface area contributed by atoms with E-state index in [1.54, 1.807) is 0 Å². The van der Waals surface area contributed by atoms with Crippen molar-refractivity contribution in [3.63, 3.8) is 0 Å². The highest BCUT2D eigenvalue weighted by molar-refractivity contribution is 5.80. The van der Waals surface area contributed by atoms with Crippen LogP contribution in [0.25, 0.3) is 0 Å². The van der Waals surface area contributed by atoms with Gasteiger partial charge in [0, 0.05) is 45.2 Å². The molecule has 31 heavy (non-hydrogen) atoms. The number of hydrogen-bond donors (Lipinski definition) is 1. The number of fused-ring (bicyclic) bond motifs is 1. The van der Waals surface area contributed by atoms with Crippen molar-refractivity contribution < 1.29 is 14.3 Å². The summed E-state index contributed by atoms with van der Waals surface area (Å²) in [5.74, 6) is 2.06. The van der Waals surface area contributed by atoms with Crippen molar-refractivity contribution in [2.75, 3.05) is 45.9 Å². The SMILES string of the molecule is O=C(N[C@@H](CCN1CC2CN(C(=O)C3CCC3)CC2C1)c1ccccc1)C1CCOC1. The van der Waals surface area contributed by atoms with Crippen molar-refractivity contribution in [1.82, 2.24) is 15.1 Å². The maximum Gasteiger partial charge on any atom is 0.226 e. The fourth-order valence-electron chi connectivity index (χ4n) is 5.72. The van der Waals surface area contributed by atoms with Crippen molar-refractivity contribution >= 4 is 11.8 Å². The van der Waals surface area contributed by atoms with Gasteiger partial charge in [0.2, 0.25) is 11.8 Å². The summed E-state index contributed by atoms with van der Waals surface area (Å²) in [6, 6.07) is 10.4. The Hall–Kier alpha value is -1.92. The number of carbonyl (C=O) groups is 2. The first-order valence-electron chi connectivity index (χ1n) is 12.1. The van der Waals surface area contributed by atoms with E-state index < -0.39 is 0 Å². The van der Waals surface area contributed by atoms with Crippen LogP contribution in [-0.4, -0.2) is 67.6 Å². The number of nitrogens with one attached hydrogen (secondary N) is 1. The summed E-state index contributed by atoms with van der Waals surface area (Å²) in [7, 11) is 0. The van der Waals surface area contributed by atoms with E-state index in [1.165, 1.54) is 12.0 Å². The number of carbonyl (C=O) groups excluding carboxylic acids is 2. The van der Waals surface area contributed by atoms with Crippen LogP contribution in [0.15, 0.2) is 30.3 Å². The molecule has 1 N–H and O–H groups in total. The first kappa shape index (κ1) is 21.0. The van der Waals surface area contributed by atoms with Crippen LogP contribution in [0.1, 0.15) is 43.7 Å². The quantitative estimate of drug-likeness (QED) is 0.729. The summed E-state index contributed by atoms with van der Waals surface area (Å²) in [4.78, 5) is 30.0. The van der Waals surface area contributed by atoms with Crippen molar-refractivity contribution in [1.29, 1.82) is 0 Å². The van der Waals surface area contributed by atoms with Crippen LogP contribution in [0.2, 0.25) is 0 Å². The zero-order chi connectivity index (χ0) is 21.2. The molecular formula is C25H35N3O3. The minimum absolute atomic E-state index is 0.0171. The first-order chi connectivity index (χ1) is 15.2. The maximum atomic E-state index is 12.7. The highest BCUT2D eigenvalue weighted by Crippen LogP contribution is 2.35. The topological polar surface area (TPSA) is 61.9 Å². The van der Waals surface area contributed by atoms with E-state index in [1.807, 2.05) is 18.2 Å². The molecule has 4 atom stereocenters. The lowest BCUT2D eigenvalue weighted by molar-refractivity contribution is -0.137. The second-order valence-electron chi connectivity index (χ2n) is 9.97. The molecule has 3 heterocycles. The second kappa shape index (κ2) is 9.29. The zero-order valence-electron chi connectivity index (χ0n) is 18.4. The second-order valence-corrected chi connectivity index (χ2v) is 9.97. The van der Waals surface area contributed by atoms with Crippen LogP contribution in [0, 0.1) is 23.7 Å². The van der Waals surface area contributed by atoms with E-state index in [-0.39, 0.29) is 17.9 Å². The minimum atomic E-state index is -0.0171. The molecule has 168 valence electrons. The Morgan fingerprint density at radius 2 is 1.74 bits per heavy atom. The fraction of sp³-hybridized carbons (Fsp3) is 0.680. The fourth-order valence-corrected chi connectivity index (χ4v) is 5.72. The van der Waals surface area contributed by atoms with Crippen molar-refractivity contribution in [3.8, 4) is 0 Å². The minimum Gasteiger partial charge on any atom is -0.381 e. The van der Waals surface area contributed by atoms with Crippen LogP contribution >= 0.6 is 0 Å². The van der Waals surface area contributed by atoms with E-state index >= 15 is 0 Å². The van der Waals surface area contributed by atoms with Gasteiger partial charge in [-0.2, -0.15) is 0 Å². The molecule has 3 unspecified atom stereocenters. The molecule has 4 fully saturated rings. The average molecular weight is 426 g/mol. The van der Waals surface area contributed by atoms with Gasteiger partial charge in [-0.1, -0.05) is 36.8 Å². The molecule has 1 aliphatic carbocycles. The Balaban J connectivity index is 1.14.